The highest BCUT2D eigenvalue weighted by molar-refractivity contribution is 6.30. The zero-order valence-corrected chi connectivity index (χ0v) is 17.9. The minimum absolute atomic E-state index is 0.136. The van der Waals surface area contributed by atoms with Crippen molar-refractivity contribution in [2.75, 3.05) is 26.2 Å². The van der Waals surface area contributed by atoms with E-state index in [1.165, 1.54) is 5.56 Å². The van der Waals surface area contributed by atoms with Crippen LogP contribution in [0.15, 0.2) is 65.8 Å². The lowest BCUT2D eigenvalue weighted by atomic mass is 10.0. The van der Waals surface area contributed by atoms with Crippen molar-refractivity contribution in [3.05, 3.63) is 88.2 Å². The molecule has 5 rings (SSSR count). The third-order valence-corrected chi connectivity index (χ3v) is 6.21. The van der Waals surface area contributed by atoms with E-state index >= 15 is 0 Å². The largest absolute Gasteiger partial charge is 0.297 e. The molecule has 1 amide bonds. The first-order valence-corrected chi connectivity index (χ1v) is 10.9. The van der Waals surface area contributed by atoms with E-state index in [1.807, 2.05) is 36.5 Å². The van der Waals surface area contributed by atoms with Crippen LogP contribution in [0.4, 0.5) is 0 Å². The van der Waals surface area contributed by atoms with E-state index in [9.17, 15) is 4.79 Å². The van der Waals surface area contributed by atoms with Crippen molar-refractivity contribution >= 4 is 23.7 Å². The summed E-state index contributed by atoms with van der Waals surface area (Å²) >= 11 is 6.05. The van der Waals surface area contributed by atoms with E-state index in [0.29, 0.717) is 5.56 Å². The maximum Gasteiger partial charge on any atom is 0.277 e. The number of nitrogens with zero attached hydrogens (tertiary/aromatic N) is 4. The van der Waals surface area contributed by atoms with Crippen molar-refractivity contribution in [3.8, 4) is 11.1 Å². The summed E-state index contributed by atoms with van der Waals surface area (Å²) < 4.78 is 0. The van der Waals surface area contributed by atoms with Crippen molar-refractivity contribution in [2.45, 2.75) is 13.1 Å². The first-order valence-electron chi connectivity index (χ1n) is 10.5. The molecule has 156 valence electrons. The van der Waals surface area contributed by atoms with Crippen LogP contribution in [0.3, 0.4) is 0 Å². The maximum atomic E-state index is 11.7. The van der Waals surface area contributed by atoms with Crippen LogP contribution < -0.4 is 0 Å². The predicted octanol–water partition coefficient (Wildman–Crippen LogP) is 4.29. The van der Waals surface area contributed by atoms with E-state index in [-0.39, 0.29) is 5.91 Å². The number of piperazine rings is 1. The van der Waals surface area contributed by atoms with Crippen LogP contribution in [0.25, 0.3) is 11.1 Å². The fraction of sp³-hybridized carbons (Fsp3) is 0.240. The molecule has 31 heavy (non-hydrogen) atoms. The van der Waals surface area contributed by atoms with Crippen LogP contribution in [0, 0.1) is 0 Å². The van der Waals surface area contributed by atoms with Crippen molar-refractivity contribution in [2.24, 2.45) is 4.99 Å². The van der Waals surface area contributed by atoms with Crippen LogP contribution in [0.2, 0.25) is 5.02 Å². The predicted molar refractivity (Wildman–Crippen MR) is 124 cm³/mol. The molecule has 2 aliphatic heterocycles. The lowest BCUT2D eigenvalue weighted by molar-refractivity contribution is 0.101. The number of rotatable bonds is 5. The Hall–Kier alpha value is -2.86. The number of benzene rings is 2. The lowest BCUT2D eigenvalue weighted by Gasteiger charge is -2.34. The van der Waals surface area contributed by atoms with E-state index in [4.69, 9.17) is 11.6 Å². The Balaban J connectivity index is 1.21. The molecule has 0 atom stereocenters. The van der Waals surface area contributed by atoms with Crippen LogP contribution in [0.5, 0.6) is 0 Å². The highest BCUT2D eigenvalue weighted by Gasteiger charge is 2.20. The summed E-state index contributed by atoms with van der Waals surface area (Å²) in [5, 5.41) is 0.743. The van der Waals surface area contributed by atoms with Gasteiger partial charge >= 0.3 is 0 Å². The summed E-state index contributed by atoms with van der Waals surface area (Å²) in [6.45, 7) is 5.75. The van der Waals surface area contributed by atoms with Gasteiger partial charge in [0.25, 0.3) is 5.91 Å². The standard InChI is InChI=1S/C25H23ClN4O/c26-21-6-4-19(5-7-21)22-2-1-9-27-24(22)17-30-12-10-29(11-13-30)16-18-3-8-23-20(14-18)15-28-25(23)31/h1-9,14-15H,10-13,16-17H2. The van der Waals surface area contributed by atoms with E-state index < -0.39 is 0 Å². The summed E-state index contributed by atoms with van der Waals surface area (Å²) in [6.07, 6.45) is 3.54. The highest BCUT2D eigenvalue weighted by Crippen LogP contribution is 2.25. The summed E-state index contributed by atoms with van der Waals surface area (Å²) in [4.78, 5) is 25.1. The zero-order valence-electron chi connectivity index (χ0n) is 17.2. The maximum absolute atomic E-state index is 11.7. The zero-order chi connectivity index (χ0) is 21.2. The van der Waals surface area contributed by atoms with Crippen molar-refractivity contribution < 1.29 is 4.79 Å². The molecule has 2 aromatic carbocycles. The Morgan fingerprint density at radius 2 is 1.61 bits per heavy atom. The molecular formula is C25H23ClN4O. The number of aliphatic imine (C=N–C) groups is 1. The Morgan fingerprint density at radius 1 is 0.871 bits per heavy atom. The van der Waals surface area contributed by atoms with Crippen molar-refractivity contribution in [1.29, 1.82) is 0 Å². The fourth-order valence-electron chi connectivity index (χ4n) is 4.24. The van der Waals surface area contributed by atoms with Gasteiger partial charge in [-0.3, -0.25) is 19.6 Å². The number of aromatic nitrogens is 1. The molecule has 1 fully saturated rings. The van der Waals surface area contributed by atoms with Gasteiger partial charge in [-0.05, 0) is 41.5 Å². The SMILES string of the molecule is O=C1N=Cc2cc(CN3CCN(Cc4ncccc4-c4ccc(Cl)cc4)CC3)ccc21. The molecule has 6 heteroatoms. The molecule has 3 aromatic rings. The van der Waals surface area contributed by atoms with Crippen LogP contribution in [-0.2, 0) is 13.1 Å². The quantitative estimate of drug-likeness (QED) is 0.605. The van der Waals surface area contributed by atoms with Gasteiger partial charge < -0.3 is 0 Å². The number of fused-ring (bicyclic) bond motifs is 1. The molecule has 0 bridgehead atoms. The summed E-state index contributed by atoms with van der Waals surface area (Å²) in [7, 11) is 0. The minimum atomic E-state index is -0.136. The number of halogens is 1. The summed E-state index contributed by atoms with van der Waals surface area (Å²) in [5.74, 6) is -0.136. The number of hydrogen-bond acceptors (Lipinski definition) is 4. The fourth-order valence-corrected chi connectivity index (χ4v) is 4.37. The number of carbonyl (C=O) groups is 1. The van der Waals surface area contributed by atoms with E-state index in [2.05, 4.69) is 44.0 Å². The molecule has 1 saturated heterocycles. The van der Waals surface area contributed by atoms with Gasteiger partial charge in [0.2, 0.25) is 0 Å². The van der Waals surface area contributed by atoms with Gasteiger partial charge in [-0.2, -0.15) is 0 Å². The number of carbonyl (C=O) groups excluding carboxylic acids is 1. The van der Waals surface area contributed by atoms with Crippen LogP contribution >= 0.6 is 11.6 Å². The number of amides is 1. The molecule has 0 unspecified atom stereocenters. The Labute approximate surface area is 187 Å². The van der Waals surface area contributed by atoms with Gasteiger partial charge in [-0.1, -0.05) is 35.9 Å². The Kier molecular flexibility index (Phi) is 5.64. The molecule has 0 spiro atoms. The normalized spacial score (nSPS) is 16.6. The average molecular weight is 431 g/mol. The van der Waals surface area contributed by atoms with Gasteiger partial charge in [0.15, 0.2) is 0 Å². The second-order valence-corrected chi connectivity index (χ2v) is 8.48. The molecule has 0 saturated carbocycles. The first-order chi connectivity index (χ1) is 15.2. The average Bonchev–Trinajstić information content (AvgIpc) is 3.16. The topological polar surface area (TPSA) is 48.8 Å². The highest BCUT2D eigenvalue weighted by atomic mass is 35.5. The molecule has 0 N–H and O–H groups in total. The van der Waals surface area contributed by atoms with Gasteiger partial charge in [0.1, 0.15) is 0 Å². The minimum Gasteiger partial charge on any atom is -0.297 e. The monoisotopic (exact) mass is 430 g/mol. The molecular weight excluding hydrogens is 408 g/mol. The smallest absolute Gasteiger partial charge is 0.277 e. The third-order valence-electron chi connectivity index (χ3n) is 5.96. The molecule has 0 radical (unpaired) electrons. The molecule has 2 aliphatic rings. The van der Waals surface area contributed by atoms with Crippen molar-refractivity contribution in [1.82, 2.24) is 14.8 Å². The van der Waals surface area contributed by atoms with E-state index in [1.54, 1.807) is 6.21 Å². The Bertz CT molecular complexity index is 1130. The van der Waals surface area contributed by atoms with Gasteiger partial charge in [-0.15, -0.1) is 0 Å². The second kappa shape index (κ2) is 8.71. The Morgan fingerprint density at radius 3 is 2.39 bits per heavy atom. The molecule has 5 nitrogen and oxygen atoms in total. The number of hydrogen-bond donors (Lipinski definition) is 0. The first kappa shape index (κ1) is 20.1. The van der Waals surface area contributed by atoms with Crippen LogP contribution in [0.1, 0.15) is 27.2 Å². The van der Waals surface area contributed by atoms with Crippen molar-refractivity contribution in [3.63, 3.8) is 0 Å². The lowest BCUT2D eigenvalue weighted by Crippen LogP contribution is -2.45. The second-order valence-electron chi connectivity index (χ2n) is 8.04. The van der Waals surface area contributed by atoms with Gasteiger partial charge in [0.05, 0.1) is 11.3 Å². The number of pyridine rings is 1. The van der Waals surface area contributed by atoms with Crippen LogP contribution in [-0.4, -0.2) is 53.1 Å². The third kappa shape index (κ3) is 4.44. The van der Waals surface area contributed by atoms with Gasteiger partial charge in [0, 0.05) is 67.8 Å². The molecule has 0 aliphatic carbocycles. The summed E-state index contributed by atoms with van der Waals surface area (Å²) in [6, 6.07) is 18.1. The van der Waals surface area contributed by atoms with E-state index in [0.717, 1.165) is 66.7 Å². The van der Waals surface area contributed by atoms with Gasteiger partial charge in [-0.25, -0.2) is 4.99 Å². The molecule has 3 heterocycles. The molecule has 1 aromatic heterocycles. The summed E-state index contributed by atoms with van der Waals surface area (Å²) in [5.41, 5.74) is 6.27.